The molecule has 6 N–H and O–H groups in total. The fraction of sp³-hybridized carbons (Fsp3) is 0.478. The van der Waals surface area contributed by atoms with Gasteiger partial charge in [-0.15, -0.1) is 5.06 Å². The number of aliphatic hydroxyl groups excluding tert-OH is 1. The van der Waals surface area contributed by atoms with Gasteiger partial charge < -0.3 is 31.6 Å². The van der Waals surface area contributed by atoms with Gasteiger partial charge in [-0.2, -0.15) is 0 Å². The van der Waals surface area contributed by atoms with E-state index in [2.05, 4.69) is 16.0 Å². The van der Waals surface area contributed by atoms with Gasteiger partial charge in [0.25, 0.3) is 11.8 Å². The van der Waals surface area contributed by atoms with Crippen LogP contribution >= 0.6 is 0 Å². The molecule has 6 amide bonds. The first-order valence-corrected chi connectivity index (χ1v) is 11.6. The van der Waals surface area contributed by atoms with E-state index in [1.54, 1.807) is 24.3 Å². The van der Waals surface area contributed by atoms with Gasteiger partial charge >= 0.3 is 12.0 Å². The number of rotatable bonds is 11. The first kappa shape index (κ1) is 26.6. The lowest BCUT2D eigenvalue weighted by Crippen LogP contribution is -2.57. The molecule has 0 spiro atoms. The van der Waals surface area contributed by atoms with E-state index in [0.29, 0.717) is 29.2 Å². The van der Waals surface area contributed by atoms with Gasteiger partial charge in [-0.05, 0) is 43.4 Å². The quantitative estimate of drug-likeness (QED) is 0.156. The maximum absolute atomic E-state index is 13.2. The van der Waals surface area contributed by atoms with Gasteiger partial charge in [-0.25, -0.2) is 9.59 Å². The zero-order valence-electron chi connectivity index (χ0n) is 19.6. The largest absolute Gasteiger partial charge is 0.392 e. The van der Waals surface area contributed by atoms with E-state index in [1.165, 1.54) is 0 Å². The monoisotopic (exact) mass is 503 g/mol. The molecule has 36 heavy (non-hydrogen) atoms. The lowest BCUT2D eigenvalue weighted by molar-refractivity contribution is -0.209. The summed E-state index contributed by atoms with van der Waals surface area (Å²) in [5.41, 5.74) is 4.50. The molecule has 2 aliphatic rings. The van der Waals surface area contributed by atoms with Gasteiger partial charge in [0.1, 0.15) is 11.5 Å². The molecule has 13 nitrogen and oxygen atoms in total. The maximum atomic E-state index is 13.2. The van der Waals surface area contributed by atoms with E-state index in [9.17, 15) is 33.9 Å². The number of carbonyl (C=O) groups excluding carboxylic acids is 6. The number of imide groups is 1. The molecular formula is C23H29N5O8. The number of benzene rings is 1. The number of hydrogen-bond donors (Lipinski definition) is 5. The predicted molar refractivity (Wildman–Crippen MR) is 123 cm³/mol. The molecule has 1 aromatic rings. The molecule has 1 saturated heterocycles. The molecule has 1 atom stereocenters. The third kappa shape index (κ3) is 6.16. The second kappa shape index (κ2) is 11.6. The Morgan fingerprint density at radius 1 is 1.08 bits per heavy atom. The van der Waals surface area contributed by atoms with Crippen LogP contribution in [-0.2, 0) is 35.4 Å². The maximum Gasteiger partial charge on any atom is 0.348 e. The Morgan fingerprint density at radius 3 is 2.25 bits per heavy atom. The number of nitrogens with two attached hydrogens (primary N) is 1. The van der Waals surface area contributed by atoms with E-state index < -0.39 is 47.1 Å². The summed E-state index contributed by atoms with van der Waals surface area (Å²) < 4.78 is 0. The Hall–Kier alpha value is -4.00. The van der Waals surface area contributed by atoms with Crippen molar-refractivity contribution >= 4 is 41.3 Å². The molecule has 0 radical (unpaired) electrons. The molecule has 0 aromatic heterocycles. The molecule has 1 aromatic carbocycles. The molecule has 194 valence electrons. The van der Waals surface area contributed by atoms with Crippen molar-refractivity contribution in [1.29, 1.82) is 0 Å². The Morgan fingerprint density at radius 2 is 1.72 bits per heavy atom. The highest BCUT2D eigenvalue weighted by Gasteiger charge is 2.54. The van der Waals surface area contributed by atoms with Crippen LogP contribution in [-0.4, -0.2) is 58.4 Å². The van der Waals surface area contributed by atoms with Crippen molar-refractivity contribution in [2.75, 3.05) is 11.9 Å². The molecule has 0 unspecified atom stereocenters. The highest BCUT2D eigenvalue weighted by Crippen LogP contribution is 2.43. The van der Waals surface area contributed by atoms with Gasteiger partial charge in [0.2, 0.25) is 11.8 Å². The van der Waals surface area contributed by atoms with Crippen LogP contribution in [0.25, 0.3) is 0 Å². The topological polar surface area (TPSA) is 197 Å². The number of aliphatic hydroxyl groups is 1. The average molecular weight is 504 g/mol. The summed E-state index contributed by atoms with van der Waals surface area (Å²) in [6.45, 7) is -0.000868. The normalized spacial score (nSPS) is 17.1. The van der Waals surface area contributed by atoms with Crippen LogP contribution in [0.15, 0.2) is 24.3 Å². The van der Waals surface area contributed by atoms with E-state index in [1.807, 2.05) is 0 Å². The Bertz CT molecular complexity index is 1020. The van der Waals surface area contributed by atoms with Crippen LogP contribution in [0.3, 0.4) is 0 Å². The summed E-state index contributed by atoms with van der Waals surface area (Å²) in [6.07, 6.45) is 1.06. The van der Waals surface area contributed by atoms with Crippen LogP contribution in [0.4, 0.5) is 10.5 Å². The predicted octanol–water partition coefficient (Wildman–Crippen LogP) is -0.172. The van der Waals surface area contributed by atoms with Crippen molar-refractivity contribution in [3.8, 4) is 0 Å². The fourth-order valence-corrected chi connectivity index (χ4v) is 3.89. The number of primary amides is 1. The third-order valence-corrected chi connectivity index (χ3v) is 6.21. The Kier molecular flexibility index (Phi) is 8.59. The number of urea groups is 1. The van der Waals surface area contributed by atoms with Gasteiger partial charge in [0.05, 0.1) is 6.61 Å². The average Bonchev–Trinajstić information content (AvgIpc) is 3.12. The van der Waals surface area contributed by atoms with Crippen molar-refractivity contribution in [3.05, 3.63) is 29.8 Å². The molecule has 1 saturated carbocycles. The van der Waals surface area contributed by atoms with Gasteiger partial charge in [0.15, 0.2) is 0 Å². The summed E-state index contributed by atoms with van der Waals surface area (Å²) in [4.78, 5) is 78.7. The third-order valence-electron chi connectivity index (χ3n) is 6.21. The van der Waals surface area contributed by atoms with Gasteiger partial charge in [-0.3, -0.25) is 19.2 Å². The van der Waals surface area contributed by atoms with Crippen LogP contribution < -0.4 is 21.7 Å². The standard InChI is InChI=1S/C23H29N5O8/c24-22(35)25-12-1-3-16(19(32)26-15-6-4-14(13-29)5-7-15)27-20(33)23(10-2-11-23)21(34)36-28-17(30)8-9-18(28)31/h4-7,16,29H,1-3,8-13H2,(H,26,32)(H,27,33)(H3,24,25,35)/t16-/m0/s1. The number of amides is 6. The first-order valence-electron chi connectivity index (χ1n) is 11.6. The summed E-state index contributed by atoms with van der Waals surface area (Å²) in [6, 6.07) is 4.62. The first-order chi connectivity index (χ1) is 17.2. The summed E-state index contributed by atoms with van der Waals surface area (Å²) in [5.74, 6) is -3.66. The second-order valence-corrected chi connectivity index (χ2v) is 8.70. The van der Waals surface area contributed by atoms with Crippen LogP contribution in [0, 0.1) is 5.41 Å². The SMILES string of the molecule is NC(=O)NCCC[C@H](NC(=O)C1(C(=O)ON2C(=O)CCC2=O)CCC1)C(=O)Nc1ccc(CO)cc1. The van der Waals surface area contributed by atoms with Crippen molar-refractivity contribution in [1.82, 2.24) is 15.7 Å². The summed E-state index contributed by atoms with van der Waals surface area (Å²) in [7, 11) is 0. The molecule has 0 bridgehead atoms. The second-order valence-electron chi connectivity index (χ2n) is 8.70. The minimum atomic E-state index is -1.63. The molecule has 1 heterocycles. The number of hydrogen-bond acceptors (Lipinski definition) is 8. The number of nitrogens with one attached hydrogen (secondary N) is 3. The molecule has 2 fully saturated rings. The minimum Gasteiger partial charge on any atom is -0.392 e. The molecule has 1 aliphatic carbocycles. The van der Waals surface area contributed by atoms with Gasteiger partial charge in [-0.1, -0.05) is 18.6 Å². The highest BCUT2D eigenvalue weighted by molar-refractivity contribution is 6.08. The molecule has 3 rings (SSSR count). The number of carbonyl (C=O) groups is 6. The van der Waals surface area contributed by atoms with Crippen LogP contribution in [0.5, 0.6) is 0 Å². The fourth-order valence-electron chi connectivity index (χ4n) is 3.89. The van der Waals surface area contributed by atoms with E-state index >= 15 is 0 Å². The summed E-state index contributed by atoms with van der Waals surface area (Å²) in [5, 5.41) is 17.2. The lowest BCUT2D eigenvalue weighted by Gasteiger charge is -2.38. The van der Waals surface area contributed by atoms with Crippen LogP contribution in [0.1, 0.15) is 50.5 Å². The van der Waals surface area contributed by atoms with Crippen molar-refractivity contribution < 1.29 is 38.7 Å². The zero-order valence-corrected chi connectivity index (χ0v) is 19.6. The zero-order chi connectivity index (χ0) is 26.3. The van der Waals surface area contributed by atoms with Crippen molar-refractivity contribution in [3.63, 3.8) is 0 Å². The number of nitrogens with zero attached hydrogens (tertiary/aromatic N) is 1. The molecule has 13 heteroatoms. The molecule has 1 aliphatic heterocycles. The smallest absolute Gasteiger partial charge is 0.348 e. The van der Waals surface area contributed by atoms with Crippen molar-refractivity contribution in [2.24, 2.45) is 11.1 Å². The number of anilines is 1. The Balaban J connectivity index is 1.70. The van der Waals surface area contributed by atoms with E-state index in [-0.39, 0.29) is 45.3 Å². The lowest BCUT2D eigenvalue weighted by atomic mass is 9.68. The minimum absolute atomic E-state index is 0.0772. The molecular weight excluding hydrogens is 474 g/mol. The van der Waals surface area contributed by atoms with Crippen LogP contribution in [0.2, 0.25) is 0 Å². The van der Waals surface area contributed by atoms with E-state index in [4.69, 9.17) is 10.6 Å². The Labute approximate surface area is 206 Å². The highest BCUT2D eigenvalue weighted by atomic mass is 16.7. The van der Waals surface area contributed by atoms with Gasteiger partial charge in [0, 0.05) is 25.1 Å². The van der Waals surface area contributed by atoms with E-state index in [0.717, 1.165) is 0 Å². The number of hydroxylamine groups is 2. The summed E-state index contributed by atoms with van der Waals surface area (Å²) >= 11 is 0. The van der Waals surface area contributed by atoms with Crippen molar-refractivity contribution in [2.45, 2.75) is 57.6 Å².